The van der Waals surface area contributed by atoms with Crippen LogP contribution in [0.25, 0.3) is 0 Å². The predicted octanol–water partition coefficient (Wildman–Crippen LogP) is 4.49. The molecule has 1 aromatic rings. The number of para-hydroxylation sites is 1. The Labute approximate surface area is 147 Å². The van der Waals surface area contributed by atoms with Gasteiger partial charge < -0.3 is 14.3 Å². The zero-order valence-electron chi connectivity index (χ0n) is 15.9. The monoisotopic (exact) mass is 352 g/mol. The Kier molecular flexibility index (Phi) is 7.48. The molecular weight excluding hydrogens is 320 g/mol. The van der Waals surface area contributed by atoms with Gasteiger partial charge in [-0.15, -0.1) is 0 Å². The maximum Gasteiger partial charge on any atom is 0.306 e. The first-order valence-corrected chi connectivity index (χ1v) is 11.5. The first-order valence-electron chi connectivity index (χ1n) is 8.59. The molecule has 0 radical (unpaired) electrons. The number of ether oxygens (including phenoxy) is 2. The molecular formula is C19H32O4Si. The molecule has 24 heavy (non-hydrogen) atoms. The summed E-state index contributed by atoms with van der Waals surface area (Å²) >= 11 is 0. The Hall–Kier alpha value is -1.33. The van der Waals surface area contributed by atoms with E-state index in [4.69, 9.17) is 9.47 Å². The van der Waals surface area contributed by atoms with Crippen LogP contribution < -0.4 is 4.74 Å². The van der Waals surface area contributed by atoms with Crippen LogP contribution in [-0.2, 0) is 9.53 Å². The van der Waals surface area contributed by atoms with Gasteiger partial charge in [0.25, 0.3) is 0 Å². The highest BCUT2D eigenvalue weighted by molar-refractivity contribution is 6.72. The first-order chi connectivity index (χ1) is 11.1. The number of carbonyl (C=O) groups is 1. The van der Waals surface area contributed by atoms with Gasteiger partial charge in [0.2, 0.25) is 0 Å². The highest BCUT2D eigenvalue weighted by Gasteiger charge is 2.37. The Morgan fingerprint density at radius 3 is 2.50 bits per heavy atom. The number of benzene rings is 1. The lowest BCUT2D eigenvalue weighted by atomic mass is 9.97. The topological polar surface area (TPSA) is 55.8 Å². The Morgan fingerprint density at radius 2 is 1.92 bits per heavy atom. The molecule has 0 heterocycles. The van der Waals surface area contributed by atoms with Crippen LogP contribution in [0.2, 0.25) is 18.1 Å². The average Bonchev–Trinajstić information content (AvgIpc) is 2.50. The van der Waals surface area contributed by atoms with Crippen molar-refractivity contribution in [3.05, 3.63) is 29.8 Å². The van der Waals surface area contributed by atoms with Crippen LogP contribution in [0.4, 0.5) is 0 Å². The highest BCUT2D eigenvalue weighted by Crippen LogP contribution is 2.39. The van der Waals surface area contributed by atoms with E-state index >= 15 is 0 Å². The van der Waals surface area contributed by atoms with Gasteiger partial charge in [0.15, 0.2) is 8.32 Å². The minimum Gasteiger partial charge on any atom is -0.493 e. The normalized spacial score (nSPS) is 13.5. The van der Waals surface area contributed by atoms with Gasteiger partial charge in [-0.1, -0.05) is 39.0 Å². The molecule has 0 aliphatic carbocycles. The van der Waals surface area contributed by atoms with E-state index in [1.54, 1.807) is 0 Å². The molecule has 0 amide bonds. The van der Waals surface area contributed by atoms with Gasteiger partial charge >= 0.3 is 5.97 Å². The number of methoxy groups -OCH3 is 1. The molecule has 0 fully saturated rings. The van der Waals surface area contributed by atoms with Gasteiger partial charge in [-0.2, -0.15) is 0 Å². The van der Waals surface area contributed by atoms with E-state index in [0.717, 1.165) is 24.2 Å². The van der Waals surface area contributed by atoms with Gasteiger partial charge in [0.1, 0.15) is 5.75 Å². The lowest BCUT2D eigenvalue weighted by molar-refractivity contribution is -0.140. The fraction of sp³-hybridized carbons (Fsp3) is 0.632. The summed E-state index contributed by atoms with van der Waals surface area (Å²) in [5, 5.41) is -0.0337. The molecule has 0 bridgehead atoms. The van der Waals surface area contributed by atoms with Crippen molar-refractivity contribution < 1.29 is 19.1 Å². The van der Waals surface area contributed by atoms with E-state index in [9.17, 15) is 9.59 Å². The van der Waals surface area contributed by atoms with Crippen molar-refractivity contribution in [3.63, 3.8) is 0 Å². The minimum absolute atomic E-state index is 0.0337. The van der Waals surface area contributed by atoms with Crippen LogP contribution in [0, 0.1) is 0 Å². The molecule has 136 valence electrons. The molecule has 0 aliphatic heterocycles. The number of carbonyl (C=O) groups excluding carboxylic acids is 1. The Morgan fingerprint density at radius 1 is 1.29 bits per heavy atom. The largest absolute Gasteiger partial charge is 0.493 e. The smallest absolute Gasteiger partial charge is 0.306 e. The maximum absolute atomic E-state index is 11.5. The van der Waals surface area contributed by atoms with E-state index in [1.165, 1.54) is 7.11 Å². The molecule has 1 aromatic carbocycles. The summed E-state index contributed by atoms with van der Waals surface area (Å²) in [6.07, 6.45) is 2.17. The fourth-order valence-electron chi connectivity index (χ4n) is 2.46. The zero-order valence-corrected chi connectivity index (χ0v) is 16.9. The van der Waals surface area contributed by atoms with E-state index in [0.29, 0.717) is 13.0 Å². The van der Waals surface area contributed by atoms with Crippen molar-refractivity contribution in [2.45, 2.75) is 64.1 Å². The Balaban J connectivity index is 2.62. The van der Waals surface area contributed by atoms with Gasteiger partial charge in [-0.3, -0.25) is 4.79 Å². The summed E-state index contributed by atoms with van der Waals surface area (Å²) in [4.78, 5) is 21.8. The zero-order chi connectivity index (χ0) is 18.4. The Bertz CT molecular complexity index is 534. The predicted molar refractivity (Wildman–Crippen MR) is 100.0 cm³/mol. The number of hydrogen-bond acceptors (Lipinski definition) is 4. The minimum atomic E-state index is -2.17. The van der Waals surface area contributed by atoms with Crippen molar-refractivity contribution in [2.24, 2.45) is 0 Å². The summed E-state index contributed by atoms with van der Waals surface area (Å²) in [6, 6.07) is 7.84. The van der Waals surface area contributed by atoms with E-state index < -0.39 is 8.32 Å². The molecule has 1 unspecified atom stereocenters. The van der Waals surface area contributed by atoms with Crippen molar-refractivity contribution in [2.75, 3.05) is 13.7 Å². The van der Waals surface area contributed by atoms with Crippen molar-refractivity contribution >= 4 is 14.3 Å². The maximum atomic E-state index is 11.5. The number of esters is 1. The third-order valence-corrected chi connectivity index (χ3v) is 8.57. The molecule has 4 nitrogen and oxygen atoms in total. The molecule has 0 aromatic heterocycles. The fourth-order valence-corrected chi connectivity index (χ4v) is 3.25. The van der Waals surface area contributed by atoms with Gasteiger partial charge in [0.05, 0.1) is 20.1 Å². The van der Waals surface area contributed by atoms with Gasteiger partial charge in [0, 0.05) is 0 Å². The van der Waals surface area contributed by atoms with Crippen LogP contribution in [0.1, 0.15) is 51.5 Å². The molecule has 1 atom stereocenters. The molecule has 1 N–H and O–H groups in total. The van der Waals surface area contributed by atoms with E-state index in [1.807, 2.05) is 44.3 Å². The molecule has 0 saturated carbocycles. The number of hydrogen-bond donors (Lipinski definition) is 1. The lowest BCUT2D eigenvalue weighted by Crippen LogP contribution is -2.39. The second-order valence-electron chi connectivity index (χ2n) is 7.61. The highest BCUT2D eigenvalue weighted by atomic mass is 28.4. The van der Waals surface area contributed by atoms with Crippen molar-refractivity contribution in [3.8, 4) is 5.75 Å². The SMILES string of the molecule is COC(=O)CC(C)c1ccccc1OCCCC(C)(C)[Si](C)(C)O. The molecule has 0 spiro atoms. The van der Waals surface area contributed by atoms with Gasteiger partial charge in [-0.25, -0.2) is 0 Å². The van der Waals surface area contributed by atoms with Crippen molar-refractivity contribution in [1.82, 2.24) is 0 Å². The van der Waals surface area contributed by atoms with Crippen molar-refractivity contribution in [1.29, 1.82) is 0 Å². The van der Waals surface area contributed by atoms with Crippen LogP contribution in [0.15, 0.2) is 24.3 Å². The summed E-state index contributed by atoms with van der Waals surface area (Å²) < 4.78 is 10.7. The standard InChI is InChI=1S/C19H32O4Si/c1-15(14-18(20)22-4)16-10-7-8-11-17(16)23-13-9-12-19(2,3)24(5,6)21/h7-8,10-11,15,21H,9,12-14H2,1-6H3. The molecule has 1 rings (SSSR count). The third-order valence-electron chi connectivity index (χ3n) is 5.01. The van der Waals surface area contributed by atoms with E-state index in [2.05, 4.69) is 13.8 Å². The summed E-state index contributed by atoms with van der Waals surface area (Å²) in [6.45, 7) is 10.8. The van der Waals surface area contributed by atoms with Gasteiger partial charge in [-0.05, 0) is 48.5 Å². The lowest BCUT2D eigenvalue weighted by Gasteiger charge is -2.35. The third kappa shape index (κ3) is 5.95. The quantitative estimate of drug-likeness (QED) is 0.404. The van der Waals surface area contributed by atoms with Crippen LogP contribution in [-0.4, -0.2) is 32.8 Å². The molecule has 0 aliphatic rings. The van der Waals surface area contributed by atoms with E-state index in [-0.39, 0.29) is 16.9 Å². The average molecular weight is 353 g/mol. The summed E-state index contributed by atoms with van der Waals surface area (Å²) in [7, 11) is -0.765. The molecule has 0 saturated heterocycles. The van der Waals surface area contributed by atoms with Crippen LogP contribution in [0.3, 0.4) is 0 Å². The summed E-state index contributed by atoms with van der Waals surface area (Å²) in [5.41, 5.74) is 1.03. The summed E-state index contributed by atoms with van der Waals surface area (Å²) in [5.74, 6) is 0.662. The molecule has 5 heteroatoms. The van der Waals surface area contributed by atoms with Crippen LogP contribution >= 0.6 is 0 Å². The second kappa shape index (κ2) is 8.67. The van der Waals surface area contributed by atoms with Crippen LogP contribution in [0.5, 0.6) is 5.75 Å². The second-order valence-corrected chi connectivity index (χ2v) is 12.1. The first kappa shape index (κ1) is 20.7. The number of rotatable bonds is 9.